The van der Waals surface area contributed by atoms with Gasteiger partial charge < -0.3 is 5.32 Å². The van der Waals surface area contributed by atoms with Gasteiger partial charge in [0.2, 0.25) is 5.91 Å². The fourth-order valence-corrected chi connectivity index (χ4v) is 1.45. The Morgan fingerprint density at radius 2 is 2.00 bits per heavy atom. The van der Waals surface area contributed by atoms with E-state index < -0.39 is 6.04 Å². The molecule has 0 spiro atoms. The first kappa shape index (κ1) is 16.3. The summed E-state index contributed by atoms with van der Waals surface area (Å²) < 4.78 is 0. The number of nitrogens with one attached hydrogen (secondary N) is 1. The molecule has 0 aliphatic rings. The molecule has 0 saturated carbocycles. The second-order valence-electron chi connectivity index (χ2n) is 4.35. The van der Waals surface area contributed by atoms with Crippen molar-refractivity contribution in [2.75, 3.05) is 7.05 Å². The molecule has 0 saturated heterocycles. The van der Waals surface area contributed by atoms with E-state index in [1.807, 2.05) is 6.07 Å². The molecule has 1 atom stereocenters. The van der Waals surface area contributed by atoms with E-state index in [2.05, 4.69) is 15.7 Å². The zero-order valence-electron chi connectivity index (χ0n) is 12.2. The molecular formula is C14H17N5O2. The van der Waals surface area contributed by atoms with Crippen molar-refractivity contribution >= 4 is 17.5 Å². The van der Waals surface area contributed by atoms with Crippen molar-refractivity contribution in [2.24, 2.45) is 10.3 Å². The molecular weight excluding hydrogens is 270 g/mol. The minimum Gasteiger partial charge on any atom is -0.345 e. The molecule has 1 aromatic carbocycles. The molecule has 21 heavy (non-hydrogen) atoms. The number of nitriles is 1. The van der Waals surface area contributed by atoms with E-state index in [1.54, 1.807) is 38.1 Å². The van der Waals surface area contributed by atoms with Gasteiger partial charge >= 0.3 is 0 Å². The van der Waals surface area contributed by atoms with Gasteiger partial charge in [-0.1, -0.05) is 12.1 Å². The lowest BCUT2D eigenvalue weighted by atomic mass is 10.2. The zero-order valence-corrected chi connectivity index (χ0v) is 12.2. The summed E-state index contributed by atoms with van der Waals surface area (Å²) in [5, 5.41) is 20.0. The molecule has 7 nitrogen and oxygen atoms in total. The molecule has 0 unspecified atom stereocenters. The number of hydrogen-bond acceptors (Lipinski definition) is 5. The highest BCUT2D eigenvalue weighted by Gasteiger charge is 2.18. The van der Waals surface area contributed by atoms with E-state index in [1.165, 1.54) is 7.05 Å². The maximum absolute atomic E-state index is 11.9. The number of amides is 2. The van der Waals surface area contributed by atoms with Crippen molar-refractivity contribution in [3.63, 3.8) is 0 Å². The number of benzene rings is 1. The van der Waals surface area contributed by atoms with Crippen LogP contribution in [0.1, 0.15) is 25.8 Å². The van der Waals surface area contributed by atoms with Crippen molar-refractivity contribution in [2.45, 2.75) is 26.3 Å². The van der Waals surface area contributed by atoms with Crippen LogP contribution in [0.25, 0.3) is 0 Å². The van der Waals surface area contributed by atoms with Gasteiger partial charge in [-0.15, -0.1) is 5.11 Å². The van der Waals surface area contributed by atoms with E-state index in [-0.39, 0.29) is 11.8 Å². The van der Waals surface area contributed by atoms with Gasteiger partial charge in [-0.3, -0.25) is 9.59 Å². The third-order valence-corrected chi connectivity index (χ3v) is 2.68. The van der Waals surface area contributed by atoms with Crippen LogP contribution < -0.4 is 5.32 Å². The van der Waals surface area contributed by atoms with Crippen LogP contribution in [0.4, 0.5) is 5.69 Å². The molecule has 0 aliphatic heterocycles. The van der Waals surface area contributed by atoms with Crippen molar-refractivity contribution in [3.8, 4) is 6.07 Å². The molecule has 0 aromatic heterocycles. The van der Waals surface area contributed by atoms with Gasteiger partial charge in [0.05, 0.1) is 17.3 Å². The maximum Gasteiger partial charge on any atom is 0.266 e. The van der Waals surface area contributed by atoms with E-state index in [9.17, 15) is 9.59 Å². The van der Waals surface area contributed by atoms with Crippen LogP contribution in [0.2, 0.25) is 0 Å². The van der Waals surface area contributed by atoms with Crippen LogP contribution in [0.3, 0.4) is 0 Å². The molecule has 0 heterocycles. The van der Waals surface area contributed by atoms with Crippen LogP contribution in [-0.2, 0) is 9.59 Å². The van der Waals surface area contributed by atoms with Crippen LogP contribution in [0.15, 0.2) is 34.6 Å². The minimum atomic E-state index is -0.664. The molecule has 2 amide bonds. The van der Waals surface area contributed by atoms with Gasteiger partial charge in [0, 0.05) is 13.5 Å². The third kappa shape index (κ3) is 5.03. The molecule has 1 N–H and O–H groups in total. The molecule has 7 heteroatoms. The second kappa shape index (κ2) is 7.75. The topological polar surface area (TPSA) is 97.9 Å². The van der Waals surface area contributed by atoms with Crippen molar-refractivity contribution in [1.82, 2.24) is 10.3 Å². The number of likely N-dealkylation sites (N-methyl/N-ethyl adjacent to an activating group) is 1. The minimum absolute atomic E-state index is 0.201. The fraction of sp³-hybridized carbons (Fsp3) is 0.357. The molecule has 0 radical (unpaired) electrons. The zero-order chi connectivity index (χ0) is 15.8. The number of nitrogens with zero attached hydrogens (tertiary/aromatic N) is 4. The Balaban J connectivity index is 2.64. The van der Waals surface area contributed by atoms with Crippen LogP contribution >= 0.6 is 0 Å². The number of carbonyl (C=O) groups excluding carboxylic acids is 2. The summed E-state index contributed by atoms with van der Waals surface area (Å²) in [7, 11) is 1.46. The molecule has 0 aliphatic carbocycles. The Morgan fingerprint density at radius 1 is 1.38 bits per heavy atom. The number of carbonyl (C=O) groups is 2. The van der Waals surface area contributed by atoms with Crippen LogP contribution in [-0.4, -0.2) is 29.9 Å². The van der Waals surface area contributed by atoms with E-state index in [0.717, 1.165) is 5.01 Å². The highest BCUT2D eigenvalue weighted by atomic mass is 16.2. The van der Waals surface area contributed by atoms with E-state index >= 15 is 0 Å². The Hall–Kier alpha value is -2.75. The monoisotopic (exact) mass is 287 g/mol. The maximum atomic E-state index is 11.9. The van der Waals surface area contributed by atoms with E-state index in [4.69, 9.17) is 5.26 Å². The molecule has 0 bridgehead atoms. The summed E-state index contributed by atoms with van der Waals surface area (Å²) in [6.07, 6.45) is 0.314. The average molecular weight is 287 g/mol. The Bertz CT molecular complexity index is 574. The molecule has 1 rings (SSSR count). The highest BCUT2D eigenvalue weighted by molar-refractivity contribution is 5.86. The van der Waals surface area contributed by atoms with Gasteiger partial charge in [-0.05, 0) is 31.2 Å². The molecule has 1 aromatic rings. The lowest BCUT2D eigenvalue weighted by Crippen LogP contribution is -2.43. The van der Waals surface area contributed by atoms with Crippen LogP contribution in [0.5, 0.6) is 0 Å². The van der Waals surface area contributed by atoms with Crippen LogP contribution in [0, 0.1) is 11.3 Å². The lowest BCUT2D eigenvalue weighted by Gasteiger charge is -2.16. The average Bonchev–Trinajstić information content (AvgIpc) is 2.51. The van der Waals surface area contributed by atoms with Gasteiger partial charge in [0.1, 0.15) is 6.04 Å². The SMILES string of the molecule is CCC(=O)N[C@@H](C)C(=O)N(C)N=Nc1ccc(C#N)cc1. The van der Waals surface area contributed by atoms with Gasteiger partial charge in [-0.2, -0.15) is 5.26 Å². The van der Waals surface area contributed by atoms with Crippen molar-refractivity contribution in [1.29, 1.82) is 5.26 Å². The Morgan fingerprint density at radius 3 is 2.52 bits per heavy atom. The summed E-state index contributed by atoms with van der Waals surface area (Å²) in [5.41, 5.74) is 1.05. The first-order chi connectivity index (χ1) is 9.97. The van der Waals surface area contributed by atoms with E-state index in [0.29, 0.717) is 17.7 Å². The smallest absolute Gasteiger partial charge is 0.266 e. The number of rotatable bonds is 5. The quantitative estimate of drug-likeness (QED) is 0.661. The molecule has 0 fully saturated rings. The van der Waals surface area contributed by atoms with Gasteiger partial charge in [0.15, 0.2) is 0 Å². The normalized spacial score (nSPS) is 11.7. The lowest BCUT2D eigenvalue weighted by molar-refractivity contribution is -0.135. The third-order valence-electron chi connectivity index (χ3n) is 2.68. The standard InChI is InChI=1S/C14H17N5O2/c1-4-13(20)16-10(2)14(21)19(3)18-17-12-7-5-11(9-15)6-8-12/h5-8,10H,4H2,1-3H3,(H,16,20)/t10-/m0/s1. The van der Waals surface area contributed by atoms with Gasteiger partial charge in [-0.25, -0.2) is 5.01 Å². The molecule has 110 valence electrons. The Kier molecular flexibility index (Phi) is 6.01. The van der Waals surface area contributed by atoms with Crippen molar-refractivity contribution < 1.29 is 9.59 Å². The second-order valence-corrected chi connectivity index (χ2v) is 4.35. The summed E-state index contributed by atoms with van der Waals surface area (Å²) >= 11 is 0. The first-order valence-electron chi connectivity index (χ1n) is 6.46. The summed E-state index contributed by atoms with van der Waals surface area (Å²) in [5.74, 6) is -0.567. The predicted molar refractivity (Wildman–Crippen MR) is 76.3 cm³/mol. The highest BCUT2D eigenvalue weighted by Crippen LogP contribution is 2.13. The number of hydrogen-bond donors (Lipinski definition) is 1. The van der Waals surface area contributed by atoms with Gasteiger partial charge in [0.25, 0.3) is 5.91 Å². The van der Waals surface area contributed by atoms with Crippen molar-refractivity contribution in [3.05, 3.63) is 29.8 Å². The largest absolute Gasteiger partial charge is 0.345 e. The summed E-state index contributed by atoms with van der Waals surface area (Å²) in [4.78, 5) is 23.2. The predicted octanol–water partition coefficient (Wildman–Crippen LogP) is 1.93. The first-order valence-corrected chi connectivity index (χ1v) is 6.46. The Labute approximate surface area is 123 Å². The fourth-order valence-electron chi connectivity index (χ4n) is 1.45. The summed E-state index contributed by atoms with van der Waals surface area (Å²) in [6, 6.07) is 7.81. The summed E-state index contributed by atoms with van der Waals surface area (Å²) in [6.45, 7) is 3.30.